The highest BCUT2D eigenvalue weighted by atomic mass is 79.9. The number of carboxylic acid groups (broad SMARTS) is 1. The number of benzene rings is 1. The van der Waals surface area contributed by atoms with E-state index in [-0.39, 0.29) is 11.3 Å². The smallest absolute Gasteiger partial charge is 0.339 e. The molecule has 0 saturated heterocycles. The van der Waals surface area contributed by atoms with Crippen LogP contribution in [-0.2, 0) is 0 Å². The molecule has 2 aromatic rings. The molecule has 0 fully saturated rings. The summed E-state index contributed by atoms with van der Waals surface area (Å²) in [4.78, 5) is 14.9. The Kier molecular flexibility index (Phi) is 3.21. The molecule has 0 amide bonds. The van der Waals surface area contributed by atoms with Crippen molar-refractivity contribution in [3.8, 4) is 10.9 Å². The summed E-state index contributed by atoms with van der Waals surface area (Å²) in [6, 6.07) is 4.73. The monoisotopic (exact) mass is 299 g/mol. The third-order valence-electron chi connectivity index (χ3n) is 1.78. The average Bonchev–Trinajstić information content (AvgIpc) is 2.70. The van der Waals surface area contributed by atoms with Crippen molar-refractivity contribution < 1.29 is 14.6 Å². The van der Waals surface area contributed by atoms with Crippen LogP contribution in [0.2, 0.25) is 0 Å². The number of carboxylic acids is 1. The normalized spacial score (nSPS) is 10.1. The predicted octanol–water partition coefficient (Wildman–Crippen LogP) is 3.40. The summed E-state index contributed by atoms with van der Waals surface area (Å²) in [5.74, 6) is -0.754. The number of carbonyl (C=O) groups is 1. The first kappa shape index (κ1) is 11.1. The molecule has 0 spiro atoms. The molecule has 0 radical (unpaired) electrons. The Hall–Kier alpha value is -1.40. The maximum absolute atomic E-state index is 10.9. The highest BCUT2D eigenvalue weighted by molar-refractivity contribution is 9.10. The summed E-state index contributed by atoms with van der Waals surface area (Å²) in [6.07, 6.45) is 1.60. The van der Waals surface area contributed by atoms with Gasteiger partial charge in [0, 0.05) is 16.0 Å². The van der Waals surface area contributed by atoms with Crippen LogP contribution in [0.25, 0.3) is 0 Å². The second-order valence-electron chi connectivity index (χ2n) is 2.85. The van der Waals surface area contributed by atoms with Gasteiger partial charge >= 0.3 is 5.97 Å². The average molecular weight is 300 g/mol. The van der Waals surface area contributed by atoms with E-state index in [0.717, 1.165) is 4.47 Å². The molecular formula is C10H6BrNO3S. The minimum Gasteiger partial charge on any atom is -0.478 e. The molecule has 1 aromatic heterocycles. The van der Waals surface area contributed by atoms with E-state index in [0.29, 0.717) is 5.19 Å². The number of hydrogen-bond acceptors (Lipinski definition) is 4. The van der Waals surface area contributed by atoms with Crippen LogP contribution in [-0.4, -0.2) is 16.1 Å². The van der Waals surface area contributed by atoms with Gasteiger partial charge in [-0.1, -0.05) is 27.3 Å². The zero-order valence-corrected chi connectivity index (χ0v) is 10.3. The summed E-state index contributed by atoms with van der Waals surface area (Å²) in [5, 5.41) is 11.1. The van der Waals surface area contributed by atoms with Gasteiger partial charge in [-0.2, -0.15) is 0 Å². The Bertz CT molecular complexity index is 513. The van der Waals surface area contributed by atoms with Crippen LogP contribution in [0.4, 0.5) is 0 Å². The van der Waals surface area contributed by atoms with Gasteiger partial charge in [0.05, 0.1) is 0 Å². The van der Waals surface area contributed by atoms with E-state index in [1.54, 1.807) is 23.7 Å². The summed E-state index contributed by atoms with van der Waals surface area (Å²) < 4.78 is 6.14. The number of hydrogen-bond donors (Lipinski definition) is 1. The number of nitrogens with zero attached hydrogens (tertiary/aromatic N) is 1. The van der Waals surface area contributed by atoms with Crippen LogP contribution in [0.3, 0.4) is 0 Å². The van der Waals surface area contributed by atoms with E-state index in [2.05, 4.69) is 20.9 Å². The first-order chi connectivity index (χ1) is 7.66. The lowest BCUT2D eigenvalue weighted by Gasteiger charge is -2.05. The number of aromatic nitrogens is 1. The number of rotatable bonds is 3. The fraction of sp³-hybridized carbons (Fsp3) is 0. The number of thiazole rings is 1. The van der Waals surface area contributed by atoms with Gasteiger partial charge in [0.2, 0.25) is 0 Å². The first-order valence-electron chi connectivity index (χ1n) is 4.27. The maximum atomic E-state index is 10.9. The molecule has 6 heteroatoms. The van der Waals surface area contributed by atoms with Crippen molar-refractivity contribution >= 4 is 33.2 Å². The van der Waals surface area contributed by atoms with Crippen molar-refractivity contribution in [3.63, 3.8) is 0 Å². The summed E-state index contributed by atoms with van der Waals surface area (Å²) in [7, 11) is 0. The van der Waals surface area contributed by atoms with Gasteiger partial charge in [-0.05, 0) is 18.2 Å². The molecule has 0 aliphatic carbocycles. The van der Waals surface area contributed by atoms with E-state index in [9.17, 15) is 4.79 Å². The van der Waals surface area contributed by atoms with Crippen LogP contribution in [0, 0.1) is 0 Å². The molecule has 16 heavy (non-hydrogen) atoms. The predicted molar refractivity (Wildman–Crippen MR) is 63.3 cm³/mol. The summed E-state index contributed by atoms with van der Waals surface area (Å²) in [6.45, 7) is 0. The van der Waals surface area contributed by atoms with E-state index >= 15 is 0 Å². The second kappa shape index (κ2) is 4.63. The molecule has 1 aromatic carbocycles. The summed E-state index contributed by atoms with van der Waals surface area (Å²) in [5.41, 5.74) is 0.110. The van der Waals surface area contributed by atoms with Gasteiger partial charge in [0.15, 0.2) is 0 Å². The van der Waals surface area contributed by atoms with Gasteiger partial charge in [-0.15, -0.1) is 0 Å². The van der Waals surface area contributed by atoms with Crippen LogP contribution >= 0.6 is 27.3 Å². The van der Waals surface area contributed by atoms with Crippen LogP contribution in [0.5, 0.6) is 10.9 Å². The van der Waals surface area contributed by atoms with E-state index in [1.807, 2.05) is 0 Å². The second-order valence-corrected chi connectivity index (χ2v) is 4.62. The van der Waals surface area contributed by atoms with Crippen LogP contribution in [0.1, 0.15) is 10.4 Å². The first-order valence-corrected chi connectivity index (χ1v) is 5.94. The Morgan fingerprint density at radius 1 is 1.50 bits per heavy atom. The molecule has 2 rings (SSSR count). The topological polar surface area (TPSA) is 59.4 Å². The zero-order valence-electron chi connectivity index (χ0n) is 7.88. The van der Waals surface area contributed by atoms with Gasteiger partial charge in [0.1, 0.15) is 11.3 Å². The lowest BCUT2D eigenvalue weighted by molar-refractivity contribution is 0.0694. The Labute approximate surface area is 104 Å². The van der Waals surface area contributed by atoms with Crippen LogP contribution < -0.4 is 4.74 Å². The van der Waals surface area contributed by atoms with E-state index in [1.165, 1.54) is 17.4 Å². The molecular weight excluding hydrogens is 294 g/mol. The van der Waals surface area contributed by atoms with E-state index < -0.39 is 5.97 Å². The van der Waals surface area contributed by atoms with Crippen molar-refractivity contribution in [2.75, 3.05) is 0 Å². The SMILES string of the molecule is O=C(O)c1ccc(Br)cc1Oc1nccs1. The van der Waals surface area contributed by atoms with Crippen molar-refractivity contribution in [2.24, 2.45) is 0 Å². The largest absolute Gasteiger partial charge is 0.478 e. The minimum absolute atomic E-state index is 0.110. The Morgan fingerprint density at radius 2 is 2.31 bits per heavy atom. The molecule has 0 aliphatic rings. The van der Waals surface area contributed by atoms with Gasteiger partial charge in [0.25, 0.3) is 5.19 Å². The van der Waals surface area contributed by atoms with Gasteiger partial charge in [-0.3, -0.25) is 0 Å². The summed E-state index contributed by atoms with van der Waals surface area (Å²) >= 11 is 4.56. The molecule has 0 atom stereocenters. The zero-order chi connectivity index (χ0) is 11.5. The number of ether oxygens (including phenoxy) is 1. The third kappa shape index (κ3) is 2.40. The molecule has 1 heterocycles. The maximum Gasteiger partial charge on any atom is 0.339 e. The van der Waals surface area contributed by atoms with Crippen molar-refractivity contribution in [3.05, 3.63) is 39.8 Å². The lowest BCUT2D eigenvalue weighted by Crippen LogP contribution is -1.99. The fourth-order valence-electron chi connectivity index (χ4n) is 1.11. The highest BCUT2D eigenvalue weighted by Gasteiger charge is 2.13. The lowest BCUT2D eigenvalue weighted by atomic mass is 10.2. The molecule has 0 unspecified atom stereocenters. The van der Waals surface area contributed by atoms with Crippen molar-refractivity contribution in [1.82, 2.24) is 4.98 Å². The molecule has 1 N–H and O–H groups in total. The highest BCUT2D eigenvalue weighted by Crippen LogP contribution is 2.29. The molecule has 82 valence electrons. The molecule has 0 saturated carbocycles. The molecule has 0 aliphatic heterocycles. The van der Waals surface area contributed by atoms with Gasteiger partial charge in [-0.25, -0.2) is 9.78 Å². The van der Waals surface area contributed by atoms with Gasteiger partial charge < -0.3 is 9.84 Å². The fourth-order valence-corrected chi connectivity index (χ4v) is 1.95. The minimum atomic E-state index is -1.03. The Morgan fingerprint density at radius 3 is 2.94 bits per heavy atom. The number of aromatic carboxylic acids is 1. The van der Waals surface area contributed by atoms with Crippen molar-refractivity contribution in [1.29, 1.82) is 0 Å². The van der Waals surface area contributed by atoms with Crippen LogP contribution in [0.15, 0.2) is 34.2 Å². The van der Waals surface area contributed by atoms with E-state index in [4.69, 9.17) is 9.84 Å². The number of halogens is 1. The third-order valence-corrected chi connectivity index (χ3v) is 2.92. The quantitative estimate of drug-likeness (QED) is 0.944. The molecule has 0 bridgehead atoms. The standard InChI is InChI=1S/C10H6BrNO3S/c11-6-1-2-7(9(13)14)8(5-6)15-10-12-3-4-16-10/h1-5H,(H,13,14). The molecule has 4 nitrogen and oxygen atoms in total. The Balaban J connectivity index is 2.38. The van der Waals surface area contributed by atoms with Crippen molar-refractivity contribution in [2.45, 2.75) is 0 Å².